The number of anilines is 1. The van der Waals surface area contributed by atoms with Gasteiger partial charge in [0.25, 0.3) is 15.9 Å². The summed E-state index contributed by atoms with van der Waals surface area (Å²) in [6, 6.07) is 24.0. The third-order valence-electron chi connectivity index (χ3n) is 4.66. The molecule has 0 aliphatic rings. The monoisotopic (exact) mass is 464 g/mol. The van der Waals surface area contributed by atoms with Crippen molar-refractivity contribution in [3.63, 3.8) is 0 Å². The molecule has 32 heavy (non-hydrogen) atoms. The molecular formula is C23H20N4O3S2. The van der Waals surface area contributed by atoms with Crippen LogP contribution in [0.25, 0.3) is 5.69 Å². The number of aromatic nitrogens is 2. The average molecular weight is 465 g/mol. The first-order valence-electron chi connectivity index (χ1n) is 9.66. The molecule has 0 saturated heterocycles. The summed E-state index contributed by atoms with van der Waals surface area (Å²) in [6.45, 7) is 1.83. The highest BCUT2D eigenvalue weighted by atomic mass is 32.2. The van der Waals surface area contributed by atoms with E-state index in [4.69, 9.17) is 5.73 Å². The smallest absolute Gasteiger partial charge is 0.266 e. The van der Waals surface area contributed by atoms with Crippen LogP contribution >= 0.6 is 11.8 Å². The Morgan fingerprint density at radius 3 is 2.22 bits per heavy atom. The summed E-state index contributed by atoms with van der Waals surface area (Å²) in [5, 5.41) is 4.52. The minimum absolute atomic E-state index is 0.0164. The molecule has 4 aromatic rings. The maximum Gasteiger partial charge on any atom is 0.266 e. The van der Waals surface area contributed by atoms with Crippen molar-refractivity contribution in [2.45, 2.75) is 21.6 Å². The number of hydrogen-bond acceptors (Lipinski definition) is 6. The maximum atomic E-state index is 12.9. The van der Waals surface area contributed by atoms with Crippen LogP contribution in [-0.2, 0) is 10.0 Å². The highest BCUT2D eigenvalue weighted by molar-refractivity contribution is 7.99. The van der Waals surface area contributed by atoms with Crippen molar-refractivity contribution < 1.29 is 13.2 Å². The van der Waals surface area contributed by atoms with Crippen LogP contribution in [0.15, 0.2) is 99.6 Å². The maximum absolute atomic E-state index is 12.9. The molecule has 0 unspecified atom stereocenters. The van der Waals surface area contributed by atoms with Crippen LogP contribution in [-0.4, -0.2) is 24.1 Å². The standard InChI is InChI=1S/C23H20N4O3S2/c1-16-21(22(24)27(25-16)17-10-4-2-5-11-17)31-20-15-9-8-14-19(20)23(28)26-32(29,30)18-12-6-3-7-13-18/h2-15H,24H2,1H3,(H,26,28). The highest BCUT2D eigenvalue weighted by Crippen LogP contribution is 2.37. The van der Waals surface area contributed by atoms with E-state index in [-0.39, 0.29) is 10.5 Å². The molecule has 1 heterocycles. The van der Waals surface area contributed by atoms with E-state index in [1.54, 1.807) is 47.1 Å². The number of rotatable bonds is 6. The molecule has 162 valence electrons. The number of carbonyl (C=O) groups is 1. The topological polar surface area (TPSA) is 107 Å². The van der Waals surface area contributed by atoms with Gasteiger partial charge in [-0.25, -0.2) is 17.8 Å². The molecule has 1 aromatic heterocycles. The van der Waals surface area contributed by atoms with Gasteiger partial charge in [-0.05, 0) is 43.3 Å². The first kappa shape index (κ1) is 21.7. The number of hydrogen-bond donors (Lipinski definition) is 2. The molecule has 0 aliphatic heterocycles. The van der Waals surface area contributed by atoms with Gasteiger partial charge in [0.2, 0.25) is 0 Å². The lowest BCUT2D eigenvalue weighted by Gasteiger charge is -2.11. The second-order valence-electron chi connectivity index (χ2n) is 6.89. The lowest BCUT2D eigenvalue weighted by Crippen LogP contribution is -2.30. The van der Waals surface area contributed by atoms with Gasteiger partial charge in [-0.2, -0.15) is 5.10 Å². The summed E-state index contributed by atoms with van der Waals surface area (Å²) >= 11 is 1.27. The normalized spacial score (nSPS) is 11.3. The molecule has 0 bridgehead atoms. The molecule has 0 atom stereocenters. The third kappa shape index (κ3) is 4.39. The van der Waals surface area contributed by atoms with Crippen LogP contribution in [0.4, 0.5) is 5.82 Å². The lowest BCUT2D eigenvalue weighted by molar-refractivity contribution is 0.0978. The van der Waals surface area contributed by atoms with Gasteiger partial charge in [-0.15, -0.1) is 0 Å². The summed E-state index contributed by atoms with van der Waals surface area (Å²) in [5.74, 6) is -0.283. The summed E-state index contributed by atoms with van der Waals surface area (Å²) in [6.07, 6.45) is 0. The number of nitrogen functional groups attached to an aromatic ring is 1. The number of carbonyl (C=O) groups excluding carboxylic acids is 1. The van der Waals surface area contributed by atoms with Crippen LogP contribution in [0.1, 0.15) is 16.1 Å². The van der Waals surface area contributed by atoms with Gasteiger partial charge in [0.15, 0.2) is 0 Å². The van der Waals surface area contributed by atoms with E-state index >= 15 is 0 Å². The Balaban J connectivity index is 1.64. The van der Waals surface area contributed by atoms with Crippen LogP contribution in [0.3, 0.4) is 0 Å². The molecule has 7 nitrogen and oxygen atoms in total. The second kappa shape index (κ2) is 8.89. The number of para-hydroxylation sites is 1. The summed E-state index contributed by atoms with van der Waals surface area (Å²) in [5.41, 5.74) is 8.11. The lowest BCUT2D eigenvalue weighted by atomic mass is 10.2. The zero-order valence-electron chi connectivity index (χ0n) is 17.1. The molecule has 4 rings (SSSR count). The minimum Gasteiger partial charge on any atom is -0.383 e. The molecule has 9 heteroatoms. The number of sulfonamides is 1. The summed E-state index contributed by atoms with van der Waals surface area (Å²) < 4.78 is 28.9. The van der Waals surface area contributed by atoms with E-state index < -0.39 is 15.9 Å². The van der Waals surface area contributed by atoms with E-state index in [2.05, 4.69) is 9.82 Å². The Labute approximate surface area is 190 Å². The van der Waals surface area contributed by atoms with Crippen LogP contribution < -0.4 is 10.5 Å². The first-order chi connectivity index (χ1) is 15.4. The Kier molecular flexibility index (Phi) is 6.02. The molecular weight excluding hydrogens is 444 g/mol. The van der Waals surface area contributed by atoms with Crippen LogP contribution in [0, 0.1) is 6.92 Å². The molecule has 0 fully saturated rings. The van der Waals surface area contributed by atoms with E-state index in [1.165, 1.54) is 23.9 Å². The highest BCUT2D eigenvalue weighted by Gasteiger charge is 2.22. The molecule has 0 saturated carbocycles. The Morgan fingerprint density at radius 1 is 0.938 bits per heavy atom. The predicted molar refractivity (Wildman–Crippen MR) is 124 cm³/mol. The number of nitrogens with one attached hydrogen (secondary N) is 1. The molecule has 3 N–H and O–H groups in total. The Morgan fingerprint density at radius 2 is 1.53 bits per heavy atom. The fraction of sp³-hybridized carbons (Fsp3) is 0.0435. The largest absolute Gasteiger partial charge is 0.383 e. The van der Waals surface area contributed by atoms with E-state index in [0.717, 1.165) is 5.69 Å². The molecule has 0 aliphatic carbocycles. The number of nitrogens with zero attached hydrogens (tertiary/aromatic N) is 2. The Bertz CT molecular complexity index is 1370. The van der Waals surface area contributed by atoms with Gasteiger partial charge < -0.3 is 5.73 Å². The Hall–Kier alpha value is -3.56. The van der Waals surface area contributed by atoms with E-state index in [9.17, 15) is 13.2 Å². The molecule has 0 spiro atoms. The van der Waals surface area contributed by atoms with E-state index in [0.29, 0.717) is 21.3 Å². The van der Waals surface area contributed by atoms with Gasteiger partial charge in [-0.1, -0.05) is 60.3 Å². The predicted octanol–water partition coefficient (Wildman–Crippen LogP) is 4.03. The zero-order valence-corrected chi connectivity index (χ0v) is 18.7. The van der Waals surface area contributed by atoms with Crippen molar-refractivity contribution in [2.75, 3.05) is 5.73 Å². The summed E-state index contributed by atoms with van der Waals surface area (Å²) in [7, 11) is -4.00. The average Bonchev–Trinajstić information content (AvgIpc) is 3.08. The van der Waals surface area contributed by atoms with Crippen LogP contribution in [0.2, 0.25) is 0 Å². The zero-order chi connectivity index (χ0) is 22.7. The molecule has 1 amide bonds. The van der Waals surface area contributed by atoms with Gasteiger partial charge in [0.1, 0.15) is 5.82 Å². The number of nitrogens with two attached hydrogens (primary N) is 1. The van der Waals surface area contributed by atoms with Crippen molar-refractivity contribution >= 4 is 33.5 Å². The fourth-order valence-corrected chi connectivity index (χ4v) is 5.12. The van der Waals surface area contributed by atoms with Crippen molar-refractivity contribution in [3.8, 4) is 5.69 Å². The fourth-order valence-electron chi connectivity index (χ4n) is 3.11. The van der Waals surface area contributed by atoms with Crippen molar-refractivity contribution in [1.29, 1.82) is 0 Å². The van der Waals surface area contributed by atoms with Crippen molar-refractivity contribution in [2.24, 2.45) is 0 Å². The van der Waals surface area contributed by atoms with E-state index in [1.807, 2.05) is 37.3 Å². The minimum atomic E-state index is -4.00. The quantitative estimate of drug-likeness (QED) is 0.446. The second-order valence-corrected chi connectivity index (χ2v) is 9.63. The van der Waals surface area contributed by atoms with Gasteiger partial charge in [0, 0.05) is 4.90 Å². The number of benzene rings is 3. The SMILES string of the molecule is Cc1nn(-c2ccccc2)c(N)c1Sc1ccccc1C(=O)NS(=O)(=O)c1ccccc1. The molecule has 0 radical (unpaired) electrons. The van der Waals surface area contributed by atoms with Crippen LogP contribution in [0.5, 0.6) is 0 Å². The van der Waals surface area contributed by atoms with Gasteiger partial charge in [-0.3, -0.25) is 4.79 Å². The number of amides is 1. The van der Waals surface area contributed by atoms with Gasteiger partial charge in [0.05, 0.1) is 26.7 Å². The summed E-state index contributed by atoms with van der Waals surface area (Å²) in [4.78, 5) is 14.2. The first-order valence-corrected chi connectivity index (χ1v) is 12.0. The number of aryl methyl sites for hydroxylation is 1. The van der Waals surface area contributed by atoms with Gasteiger partial charge >= 0.3 is 0 Å². The van der Waals surface area contributed by atoms with Crippen molar-refractivity contribution in [1.82, 2.24) is 14.5 Å². The third-order valence-corrected chi connectivity index (χ3v) is 7.30. The van der Waals surface area contributed by atoms with Crippen molar-refractivity contribution in [3.05, 3.63) is 96.2 Å². The molecule has 3 aromatic carbocycles.